The zero-order chi connectivity index (χ0) is 14.0. The fourth-order valence-electron chi connectivity index (χ4n) is 1.90. The standard InChI is InChI=1S/C16H20N2O/c1-16(2,3)10-18-15(19)13-8-11-6-4-5-7-12(11)9-14(13)17/h4-9H,10,17H2,1-3H3,(H,18,19). The summed E-state index contributed by atoms with van der Waals surface area (Å²) >= 11 is 0. The quantitative estimate of drug-likeness (QED) is 0.811. The number of hydrogen-bond donors (Lipinski definition) is 2. The predicted octanol–water partition coefficient (Wildman–Crippen LogP) is 3.20. The summed E-state index contributed by atoms with van der Waals surface area (Å²) in [4.78, 5) is 12.2. The molecule has 2 aromatic carbocycles. The Balaban J connectivity index is 2.29. The number of fused-ring (bicyclic) bond motifs is 1. The van der Waals surface area contributed by atoms with Crippen molar-refractivity contribution in [2.45, 2.75) is 20.8 Å². The van der Waals surface area contributed by atoms with Crippen molar-refractivity contribution in [1.82, 2.24) is 5.32 Å². The predicted molar refractivity (Wildman–Crippen MR) is 80.1 cm³/mol. The normalized spacial score (nSPS) is 11.5. The van der Waals surface area contributed by atoms with Crippen molar-refractivity contribution < 1.29 is 4.79 Å². The van der Waals surface area contributed by atoms with Crippen molar-refractivity contribution in [1.29, 1.82) is 0 Å². The summed E-state index contributed by atoms with van der Waals surface area (Å²) < 4.78 is 0. The van der Waals surface area contributed by atoms with Crippen molar-refractivity contribution in [2.24, 2.45) is 5.41 Å². The molecular weight excluding hydrogens is 236 g/mol. The molecule has 0 spiro atoms. The van der Waals surface area contributed by atoms with E-state index in [0.717, 1.165) is 10.8 Å². The molecule has 0 saturated heterocycles. The van der Waals surface area contributed by atoms with Crippen LogP contribution in [-0.2, 0) is 0 Å². The van der Waals surface area contributed by atoms with E-state index in [9.17, 15) is 4.79 Å². The van der Waals surface area contributed by atoms with Gasteiger partial charge in [0.2, 0.25) is 0 Å². The third kappa shape index (κ3) is 3.25. The molecule has 0 bridgehead atoms. The van der Waals surface area contributed by atoms with Gasteiger partial charge in [-0.2, -0.15) is 0 Å². The van der Waals surface area contributed by atoms with Crippen LogP contribution >= 0.6 is 0 Å². The summed E-state index contributed by atoms with van der Waals surface area (Å²) in [5.74, 6) is -0.113. The van der Waals surface area contributed by atoms with Gasteiger partial charge in [0.15, 0.2) is 0 Å². The summed E-state index contributed by atoms with van der Waals surface area (Å²) in [5, 5.41) is 5.00. The van der Waals surface area contributed by atoms with Gasteiger partial charge in [-0.3, -0.25) is 4.79 Å². The van der Waals surface area contributed by atoms with Gasteiger partial charge in [0.25, 0.3) is 5.91 Å². The lowest BCUT2D eigenvalue weighted by molar-refractivity contribution is 0.0940. The van der Waals surface area contributed by atoms with E-state index in [1.165, 1.54) is 0 Å². The van der Waals surface area contributed by atoms with Gasteiger partial charge in [0.05, 0.1) is 5.56 Å². The van der Waals surface area contributed by atoms with Gasteiger partial charge >= 0.3 is 0 Å². The molecule has 3 heteroatoms. The van der Waals surface area contributed by atoms with Crippen molar-refractivity contribution in [3.05, 3.63) is 42.0 Å². The minimum atomic E-state index is -0.113. The molecule has 0 aliphatic heterocycles. The number of nitrogens with two attached hydrogens (primary N) is 1. The maximum atomic E-state index is 12.2. The molecule has 19 heavy (non-hydrogen) atoms. The van der Waals surface area contributed by atoms with Gasteiger partial charge in [-0.05, 0) is 28.3 Å². The lowest BCUT2D eigenvalue weighted by Crippen LogP contribution is -2.32. The number of anilines is 1. The van der Waals surface area contributed by atoms with Gasteiger partial charge in [0.1, 0.15) is 0 Å². The van der Waals surface area contributed by atoms with Gasteiger partial charge < -0.3 is 11.1 Å². The second-order valence-electron chi connectivity index (χ2n) is 6.03. The number of benzene rings is 2. The van der Waals surface area contributed by atoms with Crippen LogP contribution in [0.4, 0.5) is 5.69 Å². The summed E-state index contributed by atoms with van der Waals surface area (Å²) in [6, 6.07) is 11.6. The molecule has 2 rings (SSSR count). The summed E-state index contributed by atoms with van der Waals surface area (Å²) in [6.45, 7) is 6.86. The van der Waals surface area contributed by atoms with E-state index in [4.69, 9.17) is 5.73 Å². The number of rotatable bonds is 2. The average Bonchev–Trinajstić information content (AvgIpc) is 2.34. The molecule has 100 valence electrons. The van der Waals surface area contributed by atoms with E-state index in [1.807, 2.05) is 36.4 Å². The molecule has 0 aliphatic rings. The van der Waals surface area contributed by atoms with Crippen molar-refractivity contribution in [3.8, 4) is 0 Å². The molecule has 3 N–H and O–H groups in total. The summed E-state index contributed by atoms with van der Waals surface area (Å²) in [5.41, 5.74) is 7.09. The molecule has 0 atom stereocenters. The molecule has 1 amide bonds. The van der Waals surface area contributed by atoms with Crippen LogP contribution in [0.3, 0.4) is 0 Å². The van der Waals surface area contributed by atoms with E-state index in [1.54, 1.807) is 0 Å². The Kier molecular flexibility index (Phi) is 3.47. The van der Waals surface area contributed by atoms with E-state index in [-0.39, 0.29) is 11.3 Å². The highest BCUT2D eigenvalue weighted by Crippen LogP contribution is 2.22. The van der Waals surface area contributed by atoms with Crippen molar-refractivity contribution >= 4 is 22.4 Å². The van der Waals surface area contributed by atoms with Crippen LogP contribution in [0.2, 0.25) is 0 Å². The zero-order valence-corrected chi connectivity index (χ0v) is 11.7. The fraction of sp³-hybridized carbons (Fsp3) is 0.312. The molecule has 2 aromatic rings. The third-order valence-electron chi connectivity index (χ3n) is 2.94. The van der Waals surface area contributed by atoms with Gasteiger partial charge in [-0.25, -0.2) is 0 Å². The highest BCUT2D eigenvalue weighted by Gasteiger charge is 2.15. The summed E-state index contributed by atoms with van der Waals surface area (Å²) in [7, 11) is 0. The summed E-state index contributed by atoms with van der Waals surface area (Å²) in [6.07, 6.45) is 0. The minimum Gasteiger partial charge on any atom is -0.398 e. The highest BCUT2D eigenvalue weighted by molar-refractivity contribution is 6.03. The molecule has 0 radical (unpaired) electrons. The maximum absolute atomic E-state index is 12.2. The van der Waals surface area contributed by atoms with Gasteiger partial charge in [0, 0.05) is 12.2 Å². The van der Waals surface area contributed by atoms with E-state index >= 15 is 0 Å². The number of nitrogens with one attached hydrogen (secondary N) is 1. The van der Waals surface area contributed by atoms with Gasteiger partial charge in [-0.1, -0.05) is 45.0 Å². The molecule has 0 saturated carbocycles. The number of nitrogen functional groups attached to an aromatic ring is 1. The first-order valence-electron chi connectivity index (χ1n) is 6.43. The monoisotopic (exact) mass is 256 g/mol. The molecule has 0 unspecified atom stereocenters. The Morgan fingerprint density at radius 1 is 1.16 bits per heavy atom. The van der Waals surface area contributed by atoms with E-state index in [0.29, 0.717) is 17.8 Å². The van der Waals surface area contributed by atoms with Crippen LogP contribution in [-0.4, -0.2) is 12.5 Å². The number of carbonyl (C=O) groups excluding carboxylic acids is 1. The van der Waals surface area contributed by atoms with Crippen LogP contribution < -0.4 is 11.1 Å². The molecule has 0 aromatic heterocycles. The number of amides is 1. The maximum Gasteiger partial charge on any atom is 0.253 e. The first-order valence-corrected chi connectivity index (χ1v) is 6.43. The van der Waals surface area contributed by atoms with Crippen LogP contribution in [0.5, 0.6) is 0 Å². The van der Waals surface area contributed by atoms with Crippen LogP contribution in [0.15, 0.2) is 36.4 Å². The fourth-order valence-corrected chi connectivity index (χ4v) is 1.90. The Hall–Kier alpha value is -2.03. The Morgan fingerprint density at radius 2 is 1.74 bits per heavy atom. The second kappa shape index (κ2) is 4.92. The van der Waals surface area contributed by atoms with Crippen LogP contribution in [0, 0.1) is 5.41 Å². The highest BCUT2D eigenvalue weighted by atomic mass is 16.1. The number of carbonyl (C=O) groups is 1. The average molecular weight is 256 g/mol. The Bertz CT molecular complexity index is 612. The molecule has 0 aliphatic carbocycles. The van der Waals surface area contributed by atoms with E-state index < -0.39 is 0 Å². The van der Waals surface area contributed by atoms with Crippen LogP contribution in [0.1, 0.15) is 31.1 Å². The lowest BCUT2D eigenvalue weighted by atomic mass is 9.96. The lowest BCUT2D eigenvalue weighted by Gasteiger charge is -2.19. The third-order valence-corrected chi connectivity index (χ3v) is 2.94. The topological polar surface area (TPSA) is 55.1 Å². The van der Waals surface area contributed by atoms with Crippen molar-refractivity contribution in [2.75, 3.05) is 12.3 Å². The Morgan fingerprint density at radius 3 is 2.32 bits per heavy atom. The SMILES string of the molecule is CC(C)(C)CNC(=O)c1cc2ccccc2cc1N. The minimum absolute atomic E-state index is 0.0568. The second-order valence-corrected chi connectivity index (χ2v) is 6.03. The van der Waals surface area contributed by atoms with Gasteiger partial charge in [-0.15, -0.1) is 0 Å². The zero-order valence-electron chi connectivity index (χ0n) is 11.7. The van der Waals surface area contributed by atoms with Crippen LogP contribution in [0.25, 0.3) is 10.8 Å². The molecular formula is C16H20N2O. The first kappa shape index (κ1) is 13.4. The largest absolute Gasteiger partial charge is 0.398 e. The number of hydrogen-bond acceptors (Lipinski definition) is 2. The first-order chi connectivity index (χ1) is 8.87. The van der Waals surface area contributed by atoms with E-state index in [2.05, 4.69) is 26.1 Å². The molecule has 3 nitrogen and oxygen atoms in total. The molecule has 0 heterocycles. The van der Waals surface area contributed by atoms with Crippen molar-refractivity contribution in [3.63, 3.8) is 0 Å². The smallest absolute Gasteiger partial charge is 0.253 e. The Labute approximate surface area is 113 Å². The molecule has 0 fully saturated rings.